The molecule has 3 amide bonds. The van der Waals surface area contributed by atoms with E-state index >= 15 is 0 Å². The zero-order chi connectivity index (χ0) is 17.3. The lowest BCUT2D eigenvalue weighted by molar-refractivity contribution is -0.130. The first-order valence-electron chi connectivity index (χ1n) is 8.67. The number of fused-ring (bicyclic) bond motifs is 2. The number of rotatable bonds is 5. The fraction of sp³-hybridized carbons (Fsp3) is 0.812. The molecule has 0 radical (unpaired) electrons. The molecule has 0 aromatic rings. The lowest BCUT2D eigenvalue weighted by Crippen LogP contribution is -2.52. The number of urea groups is 1. The van der Waals surface area contributed by atoms with Crippen molar-refractivity contribution in [2.24, 2.45) is 0 Å². The van der Waals surface area contributed by atoms with Crippen molar-refractivity contribution in [1.82, 2.24) is 20.2 Å². The maximum absolute atomic E-state index is 12.5. The maximum atomic E-state index is 12.5. The van der Waals surface area contributed by atoms with E-state index in [4.69, 9.17) is 4.84 Å². The highest BCUT2D eigenvalue weighted by Crippen LogP contribution is 2.29. The molecule has 0 spiro atoms. The van der Waals surface area contributed by atoms with Gasteiger partial charge in [-0.2, -0.15) is 5.06 Å². The van der Waals surface area contributed by atoms with Gasteiger partial charge in [-0.15, -0.1) is 0 Å². The second-order valence-electron chi connectivity index (χ2n) is 6.87. The number of carbonyl (C=O) groups excluding carboxylic acids is 3. The van der Waals surface area contributed by atoms with Crippen molar-refractivity contribution in [3.63, 3.8) is 0 Å². The van der Waals surface area contributed by atoms with Gasteiger partial charge >= 0.3 is 6.03 Å². The van der Waals surface area contributed by atoms with Crippen LogP contribution in [0.15, 0.2) is 0 Å². The minimum atomic E-state index is -0.509. The van der Waals surface area contributed by atoms with Gasteiger partial charge in [-0.25, -0.2) is 4.79 Å². The van der Waals surface area contributed by atoms with E-state index < -0.39 is 6.04 Å². The Hall–Kier alpha value is -1.67. The number of likely N-dealkylation sites (N-methyl/N-ethyl adjacent to an activating group) is 1. The van der Waals surface area contributed by atoms with Crippen LogP contribution in [0.5, 0.6) is 0 Å². The molecule has 8 nitrogen and oxygen atoms in total. The monoisotopic (exact) mass is 338 g/mol. The van der Waals surface area contributed by atoms with Gasteiger partial charge in [0.2, 0.25) is 5.91 Å². The van der Waals surface area contributed by atoms with E-state index in [1.807, 2.05) is 7.05 Å². The molecule has 0 aromatic heterocycles. The van der Waals surface area contributed by atoms with E-state index in [1.165, 1.54) is 12.2 Å². The second-order valence-corrected chi connectivity index (χ2v) is 6.87. The van der Waals surface area contributed by atoms with Crippen molar-refractivity contribution in [3.8, 4) is 0 Å². The first kappa shape index (κ1) is 17.2. The highest BCUT2D eigenvalue weighted by Gasteiger charge is 2.47. The molecule has 0 aliphatic carbocycles. The number of amides is 3. The van der Waals surface area contributed by atoms with Gasteiger partial charge in [0.25, 0.3) is 0 Å². The maximum Gasteiger partial charge on any atom is 0.345 e. The average Bonchev–Trinajstić information content (AvgIpc) is 2.83. The zero-order valence-corrected chi connectivity index (χ0v) is 14.4. The van der Waals surface area contributed by atoms with Crippen LogP contribution in [0.1, 0.15) is 32.1 Å². The summed E-state index contributed by atoms with van der Waals surface area (Å²) in [4.78, 5) is 45.8. The van der Waals surface area contributed by atoms with Crippen LogP contribution >= 0.6 is 0 Å². The van der Waals surface area contributed by atoms with Crippen LogP contribution in [0, 0.1) is 0 Å². The van der Waals surface area contributed by atoms with Crippen molar-refractivity contribution < 1.29 is 19.2 Å². The molecule has 0 saturated carbocycles. The smallest absolute Gasteiger partial charge is 0.345 e. The summed E-state index contributed by atoms with van der Waals surface area (Å²) >= 11 is 0. The van der Waals surface area contributed by atoms with E-state index in [2.05, 4.69) is 10.2 Å². The van der Waals surface area contributed by atoms with Gasteiger partial charge in [-0.05, 0) is 39.3 Å². The fourth-order valence-electron chi connectivity index (χ4n) is 4.03. The summed E-state index contributed by atoms with van der Waals surface area (Å²) in [6.45, 7) is 1.46. The van der Waals surface area contributed by atoms with E-state index in [0.717, 1.165) is 32.2 Å². The van der Waals surface area contributed by atoms with Crippen molar-refractivity contribution in [2.75, 3.05) is 33.8 Å². The van der Waals surface area contributed by atoms with Crippen molar-refractivity contribution >= 4 is 17.7 Å². The van der Waals surface area contributed by atoms with Crippen molar-refractivity contribution in [2.45, 2.75) is 50.2 Å². The largest absolute Gasteiger partial charge is 0.347 e. The number of piperidine rings is 2. The van der Waals surface area contributed by atoms with Crippen LogP contribution in [0.2, 0.25) is 0 Å². The number of nitrogens with zero attached hydrogens (tertiary/aromatic N) is 3. The van der Waals surface area contributed by atoms with E-state index in [1.54, 1.807) is 4.90 Å². The van der Waals surface area contributed by atoms with Crippen molar-refractivity contribution in [3.05, 3.63) is 0 Å². The molecule has 0 unspecified atom stereocenters. The molecule has 3 atom stereocenters. The Kier molecular flexibility index (Phi) is 5.05. The summed E-state index contributed by atoms with van der Waals surface area (Å²) in [6, 6.07) is -0.861. The summed E-state index contributed by atoms with van der Waals surface area (Å²) < 4.78 is 0. The minimum absolute atomic E-state index is 0.0177. The van der Waals surface area contributed by atoms with Crippen LogP contribution in [0.25, 0.3) is 0 Å². The molecular weight excluding hydrogens is 312 g/mol. The number of ketones is 1. The highest BCUT2D eigenvalue weighted by atomic mass is 16.7. The van der Waals surface area contributed by atoms with Crippen LogP contribution in [-0.4, -0.2) is 84.5 Å². The Balaban J connectivity index is 1.54. The normalized spacial score (nSPS) is 30.6. The molecule has 3 heterocycles. The molecule has 3 rings (SSSR count). The molecule has 2 bridgehead atoms. The molecule has 3 fully saturated rings. The zero-order valence-electron chi connectivity index (χ0n) is 14.4. The summed E-state index contributed by atoms with van der Waals surface area (Å²) in [5.41, 5.74) is 0. The Labute approximate surface area is 142 Å². The number of likely N-dealkylation sites (tertiary alicyclic amines) is 1. The van der Waals surface area contributed by atoms with Crippen LogP contribution in [0.3, 0.4) is 0 Å². The van der Waals surface area contributed by atoms with Gasteiger partial charge in [0, 0.05) is 6.54 Å². The predicted octanol–water partition coefficient (Wildman–Crippen LogP) is -0.0140. The third kappa shape index (κ3) is 3.12. The van der Waals surface area contributed by atoms with Gasteiger partial charge < -0.3 is 10.2 Å². The summed E-state index contributed by atoms with van der Waals surface area (Å²) in [5, 5.41) is 4.08. The molecule has 3 saturated heterocycles. The van der Waals surface area contributed by atoms with E-state index in [9.17, 15) is 14.4 Å². The van der Waals surface area contributed by atoms with Crippen LogP contribution in [0.4, 0.5) is 4.79 Å². The van der Waals surface area contributed by atoms with Gasteiger partial charge in [-0.3, -0.25) is 19.3 Å². The number of Topliss-reactive ketones (excluding diaryl/α,β-unsaturated/α-hetero) is 1. The van der Waals surface area contributed by atoms with E-state index in [-0.39, 0.29) is 36.3 Å². The number of carbonyl (C=O) groups is 3. The quantitative estimate of drug-likeness (QED) is 0.762. The molecule has 134 valence electrons. The first-order valence-corrected chi connectivity index (χ1v) is 8.67. The predicted molar refractivity (Wildman–Crippen MR) is 86.0 cm³/mol. The molecule has 0 aromatic carbocycles. The Morgan fingerprint density at radius 1 is 1.21 bits per heavy atom. The van der Waals surface area contributed by atoms with Crippen LogP contribution in [-0.2, 0) is 14.4 Å². The summed E-state index contributed by atoms with van der Waals surface area (Å²) in [5.74, 6) is -0.197. The Morgan fingerprint density at radius 3 is 2.71 bits per heavy atom. The number of hydrogen-bond acceptors (Lipinski definition) is 5. The fourth-order valence-corrected chi connectivity index (χ4v) is 4.03. The second kappa shape index (κ2) is 7.06. The lowest BCUT2D eigenvalue weighted by atomic mass is 9.98. The first-order chi connectivity index (χ1) is 11.5. The van der Waals surface area contributed by atoms with Crippen LogP contribution < -0.4 is 5.32 Å². The van der Waals surface area contributed by atoms with Gasteiger partial charge in [0.05, 0.1) is 25.7 Å². The molecular formula is C16H26N4O4. The van der Waals surface area contributed by atoms with Gasteiger partial charge in [0.1, 0.15) is 6.04 Å². The molecule has 3 aliphatic heterocycles. The standard InChI is InChI=1S/C16H26N4O4/c1-18-8-4-3-5-12(18)14(21)9-17-15(22)13-7-6-11-10-19(13)16(23)20(11)24-2/h11-13H,3-10H2,1-2H3,(H,17,22)/t11-,12+,13+/m1/s1. The number of nitrogens with one attached hydrogen (secondary N) is 1. The third-order valence-electron chi connectivity index (χ3n) is 5.40. The minimum Gasteiger partial charge on any atom is -0.347 e. The van der Waals surface area contributed by atoms with Gasteiger partial charge in [-0.1, -0.05) is 6.42 Å². The summed E-state index contributed by atoms with van der Waals surface area (Å²) in [6.07, 6.45) is 4.34. The Bertz CT molecular complexity index is 526. The SMILES string of the molecule is CON1C(=O)N2C[C@H]1CC[C@H]2C(=O)NCC(=O)[C@@H]1CCCCN1C. The molecule has 3 aliphatic rings. The molecule has 24 heavy (non-hydrogen) atoms. The lowest BCUT2D eigenvalue weighted by Gasteiger charge is -2.32. The topological polar surface area (TPSA) is 82.2 Å². The summed E-state index contributed by atoms with van der Waals surface area (Å²) in [7, 11) is 3.42. The number of hydroxylamine groups is 2. The van der Waals surface area contributed by atoms with Gasteiger partial charge in [0.15, 0.2) is 5.78 Å². The average molecular weight is 338 g/mol. The van der Waals surface area contributed by atoms with Crippen molar-refractivity contribution in [1.29, 1.82) is 0 Å². The number of hydrogen-bond donors (Lipinski definition) is 1. The molecule has 8 heteroatoms. The molecule has 1 N–H and O–H groups in total. The Morgan fingerprint density at radius 2 is 2.00 bits per heavy atom. The highest BCUT2D eigenvalue weighted by molar-refractivity contribution is 5.93. The third-order valence-corrected chi connectivity index (χ3v) is 5.40. The van der Waals surface area contributed by atoms with E-state index in [0.29, 0.717) is 13.0 Å².